The third-order valence-electron chi connectivity index (χ3n) is 5.37. The van der Waals surface area contributed by atoms with Crippen LogP contribution in [0.1, 0.15) is 6.92 Å². The molecule has 2 rings (SSSR count). The molecule has 10 heteroatoms. The molecule has 5 atom stereocenters. The van der Waals surface area contributed by atoms with Crippen LogP contribution in [0, 0.1) is 0 Å². The zero-order valence-electron chi connectivity index (χ0n) is 16.8. The summed E-state index contributed by atoms with van der Waals surface area (Å²) in [5.74, 6) is -0.170. The lowest BCUT2D eigenvalue weighted by atomic mass is 9.93. The lowest BCUT2D eigenvalue weighted by Gasteiger charge is -2.43. The van der Waals surface area contributed by atoms with Gasteiger partial charge in [0.05, 0.1) is 45.1 Å². The van der Waals surface area contributed by atoms with Crippen molar-refractivity contribution in [2.75, 3.05) is 72.8 Å². The molecule has 2 saturated heterocycles. The fraction of sp³-hybridized carbons (Fsp3) is 0.944. The van der Waals surface area contributed by atoms with Crippen LogP contribution in [0.25, 0.3) is 0 Å². The molecule has 28 heavy (non-hydrogen) atoms. The van der Waals surface area contributed by atoms with E-state index < -0.39 is 30.5 Å². The van der Waals surface area contributed by atoms with Crippen molar-refractivity contribution < 1.29 is 34.3 Å². The first-order valence-electron chi connectivity index (χ1n) is 9.90. The van der Waals surface area contributed by atoms with Crippen LogP contribution in [0.5, 0.6) is 0 Å². The molecule has 3 unspecified atom stereocenters. The van der Waals surface area contributed by atoms with Crippen molar-refractivity contribution in [2.24, 2.45) is 0 Å². The number of aliphatic hydroxyl groups is 3. The van der Waals surface area contributed by atoms with E-state index in [0.29, 0.717) is 13.2 Å². The summed E-state index contributed by atoms with van der Waals surface area (Å²) in [5, 5.41) is 31.5. The molecular formula is C18H35N3O7. The van der Waals surface area contributed by atoms with Gasteiger partial charge in [-0.3, -0.25) is 14.6 Å². The van der Waals surface area contributed by atoms with E-state index in [9.17, 15) is 15.0 Å². The number of rotatable bonds is 10. The van der Waals surface area contributed by atoms with Gasteiger partial charge in [0.2, 0.25) is 5.91 Å². The summed E-state index contributed by atoms with van der Waals surface area (Å²) in [4.78, 5) is 16.8. The van der Waals surface area contributed by atoms with E-state index in [2.05, 4.69) is 15.1 Å². The Morgan fingerprint density at radius 3 is 2.46 bits per heavy atom. The van der Waals surface area contributed by atoms with Crippen LogP contribution in [-0.4, -0.2) is 134 Å². The molecule has 0 aromatic heterocycles. The molecule has 1 amide bonds. The molecule has 0 saturated carbocycles. The lowest BCUT2D eigenvalue weighted by Crippen LogP contribution is -2.64. The third kappa shape index (κ3) is 6.60. The van der Waals surface area contributed by atoms with Gasteiger partial charge in [-0.05, 0) is 6.92 Å². The minimum Gasteiger partial charge on any atom is -0.394 e. The first kappa shape index (κ1) is 23.4. The Labute approximate surface area is 166 Å². The number of nitrogens with one attached hydrogen (secondary N) is 1. The van der Waals surface area contributed by atoms with Gasteiger partial charge in [-0.15, -0.1) is 0 Å². The topological polar surface area (TPSA) is 124 Å². The van der Waals surface area contributed by atoms with Crippen molar-refractivity contribution in [3.63, 3.8) is 0 Å². The van der Waals surface area contributed by atoms with E-state index in [1.54, 1.807) is 6.92 Å². The number of methoxy groups -OCH3 is 1. The van der Waals surface area contributed by atoms with E-state index in [1.165, 1.54) is 7.11 Å². The maximum absolute atomic E-state index is 12.5. The molecule has 0 aliphatic carbocycles. The maximum atomic E-state index is 12.5. The summed E-state index contributed by atoms with van der Waals surface area (Å²) in [6.45, 7) is 6.83. The van der Waals surface area contributed by atoms with E-state index in [1.807, 2.05) is 0 Å². The fourth-order valence-electron chi connectivity index (χ4n) is 3.75. The van der Waals surface area contributed by atoms with Crippen LogP contribution in [0.3, 0.4) is 0 Å². The van der Waals surface area contributed by atoms with Crippen LogP contribution in [0.2, 0.25) is 0 Å². The predicted octanol–water partition coefficient (Wildman–Crippen LogP) is -2.75. The molecule has 0 aromatic rings. The SMILES string of the molecule is CO[C@@H]1C(CO)O[C@@H](C)C(NC(=O)CN2CCN(CCOCCO)CC2)C1O. The van der Waals surface area contributed by atoms with Gasteiger partial charge in [0.25, 0.3) is 0 Å². The summed E-state index contributed by atoms with van der Waals surface area (Å²) in [6.07, 6.45) is -2.69. The average Bonchev–Trinajstić information content (AvgIpc) is 2.69. The second-order valence-electron chi connectivity index (χ2n) is 7.30. The molecule has 0 bridgehead atoms. The number of amides is 1. The van der Waals surface area contributed by atoms with Crippen molar-refractivity contribution >= 4 is 5.91 Å². The molecule has 2 aliphatic rings. The first-order chi connectivity index (χ1) is 13.5. The Kier molecular flexibility index (Phi) is 10.0. The highest BCUT2D eigenvalue weighted by atomic mass is 16.6. The minimum absolute atomic E-state index is 0.0357. The number of hydrogen-bond donors (Lipinski definition) is 4. The minimum atomic E-state index is -0.953. The van der Waals surface area contributed by atoms with Crippen molar-refractivity contribution in [2.45, 2.75) is 37.4 Å². The van der Waals surface area contributed by atoms with Gasteiger partial charge in [-0.25, -0.2) is 0 Å². The van der Waals surface area contributed by atoms with Gasteiger partial charge in [-0.1, -0.05) is 0 Å². The number of nitrogens with zero attached hydrogens (tertiary/aromatic N) is 2. The Balaban J connectivity index is 1.73. The molecule has 0 spiro atoms. The molecule has 2 fully saturated rings. The summed E-state index contributed by atoms with van der Waals surface area (Å²) < 4.78 is 16.2. The van der Waals surface area contributed by atoms with Crippen molar-refractivity contribution in [3.8, 4) is 0 Å². The van der Waals surface area contributed by atoms with E-state index in [-0.39, 0.29) is 25.7 Å². The second-order valence-corrected chi connectivity index (χ2v) is 7.30. The van der Waals surface area contributed by atoms with Crippen LogP contribution < -0.4 is 5.32 Å². The number of hydrogen-bond acceptors (Lipinski definition) is 9. The standard InChI is InChI=1S/C18H35N3O7/c1-13-16(17(25)18(26-2)14(12-23)28-13)19-15(24)11-21-5-3-20(4-6-21)7-9-27-10-8-22/h13-14,16-18,22-23,25H,3-12H2,1-2H3,(H,19,24)/t13-,14?,16?,17?,18+/m0/s1. The molecule has 2 aliphatic heterocycles. The molecule has 10 nitrogen and oxygen atoms in total. The molecule has 0 radical (unpaired) electrons. The summed E-state index contributed by atoms with van der Waals surface area (Å²) in [5.41, 5.74) is 0. The Bertz CT molecular complexity index is 462. The van der Waals surface area contributed by atoms with Crippen molar-refractivity contribution in [1.29, 1.82) is 0 Å². The first-order valence-corrected chi connectivity index (χ1v) is 9.90. The van der Waals surface area contributed by atoms with E-state index in [0.717, 1.165) is 32.7 Å². The fourth-order valence-corrected chi connectivity index (χ4v) is 3.75. The molecule has 0 aromatic carbocycles. The normalized spacial score (nSPS) is 32.4. The van der Waals surface area contributed by atoms with Gasteiger partial charge in [-0.2, -0.15) is 0 Å². The maximum Gasteiger partial charge on any atom is 0.234 e. The second kappa shape index (κ2) is 12.0. The van der Waals surface area contributed by atoms with E-state index in [4.69, 9.17) is 19.3 Å². The van der Waals surface area contributed by atoms with E-state index >= 15 is 0 Å². The Hall–Kier alpha value is -0.850. The van der Waals surface area contributed by atoms with Crippen LogP contribution >= 0.6 is 0 Å². The number of carbonyl (C=O) groups excluding carboxylic acids is 1. The molecule has 4 N–H and O–H groups in total. The van der Waals surface area contributed by atoms with Crippen LogP contribution in [-0.2, 0) is 19.0 Å². The highest BCUT2D eigenvalue weighted by molar-refractivity contribution is 5.78. The lowest BCUT2D eigenvalue weighted by molar-refractivity contribution is -0.199. The van der Waals surface area contributed by atoms with Crippen molar-refractivity contribution in [1.82, 2.24) is 15.1 Å². The number of ether oxygens (including phenoxy) is 3. The molecular weight excluding hydrogens is 370 g/mol. The predicted molar refractivity (Wildman–Crippen MR) is 101 cm³/mol. The van der Waals surface area contributed by atoms with Gasteiger partial charge in [0, 0.05) is 39.8 Å². The third-order valence-corrected chi connectivity index (χ3v) is 5.37. The average molecular weight is 405 g/mol. The van der Waals surface area contributed by atoms with Gasteiger partial charge in [0.15, 0.2) is 0 Å². The summed E-state index contributed by atoms with van der Waals surface area (Å²) >= 11 is 0. The monoisotopic (exact) mass is 405 g/mol. The van der Waals surface area contributed by atoms with Crippen LogP contribution in [0.4, 0.5) is 0 Å². The highest BCUT2D eigenvalue weighted by Crippen LogP contribution is 2.23. The zero-order chi connectivity index (χ0) is 20.5. The summed E-state index contributed by atoms with van der Waals surface area (Å²) in [7, 11) is 1.45. The Morgan fingerprint density at radius 1 is 1.18 bits per heavy atom. The number of aliphatic hydroxyl groups excluding tert-OH is 3. The van der Waals surface area contributed by atoms with Gasteiger partial charge >= 0.3 is 0 Å². The zero-order valence-corrected chi connectivity index (χ0v) is 16.8. The number of piperazine rings is 1. The van der Waals surface area contributed by atoms with Crippen LogP contribution in [0.15, 0.2) is 0 Å². The van der Waals surface area contributed by atoms with Gasteiger partial charge in [0.1, 0.15) is 18.3 Å². The van der Waals surface area contributed by atoms with Crippen molar-refractivity contribution in [3.05, 3.63) is 0 Å². The Morgan fingerprint density at radius 2 is 1.86 bits per heavy atom. The summed E-state index contributed by atoms with van der Waals surface area (Å²) in [6, 6.07) is -0.592. The molecule has 164 valence electrons. The largest absolute Gasteiger partial charge is 0.394 e. The molecule has 2 heterocycles. The van der Waals surface area contributed by atoms with Gasteiger partial charge < -0.3 is 34.8 Å². The quantitative estimate of drug-likeness (QED) is 0.286. The smallest absolute Gasteiger partial charge is 0.234 e. The number of carbonyl (C=O) groups is 1. The highest BCUT2D eigenvalue weighted by Gasteiger charge is 2.44.